The molecule has 1 aliphatic heterocycles. The largest absolute Gasteiger partial charge is 0.419 e. The molecule has 3 aromatic rings. The zero-order valence-corrected chi connectivity index (χ0v) is 21.7. The van der Waals surface area contributed by atoms with Crippen LogP contribution in [0.15, 0.2) is 36.5 Å². The van der Waals surface area contributed by atoms with Gasteiger partial charge in [0.2, 0.25) is 11.9 Å². The van der Waals surface area contributed by atoms with Gasteiger partial charge >= 0.3 is 6.18 Å². The Morgan fingerprint density at radius 3 is 2.34 bits per heavy atom. The highest BCUT2D eigenvalue weighted by Gasteiger charge is 2.36. The van der Waals surface area contributed by atoms with E-state index < -0.39 is 17.6 Å². The number of aromatic nitrogens is 4. The topological polar surface area (TPSA) is 61.3 Å². The van der Waals surface area contributed by atoms with Crippen LogP contribution in [0, 0.1) is 5.82 Å². The Labute approximate surface area is 223 Å². The van der Waals surface area contributed by atoms with Gasteiger partial charge in [-0.1, -0.05) is 30.9 Å². The standard InChI is InChI=1S/C26H28ClF4N7/c1-36(18-6-3-2-4-7-18)24-33-22(17-9-10-20(27)21(28)16-17)34-25(35-24)38-14-12-37(13-15-38)23-19(26(29,30)31)8-5-11-32-23/h5,8-11,16,18H,2-4,6-7,12-15H2,1H3. The summed E-state index contributed by atoms with van der Waals surface area (Å²) >= 11 is 5.88. The van der Waals surface area contributed by atoms with Gasteiger partial charge in [-0.15, -0.1) is 0 Å². The van der Waals surface area contributed by atoms with Gasteiger partial charge in [0.1, 0.15) is 11.6 Å². The molecule has 202 valence electrons. The van der Waals surface area contributed by atoms with Crippen molar-refractivity contribution in [3.8, 4) is 11.4 Å². The van der Waals surface area contributed by atoms with Crippen molar-refractivity contribution in [2.24, 2.45) is 0 Å². The first-order chi connectivity index (χ1) is 18.2. The SMILES string of the molecule is CN(c1nc(-c2ccc(Cl)c(F)c2)nc(N2CCN(c3ncccc3C(F)(F)F)CC2)n1)C1CCCCC1. The van der Waals surface area contributed by atoms with Crippen LogP contribution in [0.4, 0.5) is 35.3 Å². The summed E-state index contributed by atoms with van der Waals surface area (Å²) in [6, 6.07) is 7.04. The number of pyridine rings is 1. The lowest BCUT2D eigenvalue weighted by Gasteiger charge is -2.37. The number of nitrogens with zero attached hydrogens (tertiary/aromatic N) is 7. The van der Waals surface area contributed by atoms with Gasteiger partial charge in [0.25, 0.3) is 0 Å². The molecule has 1 saturated heterocycles. The van der Waals surface area contributed by atoms with E-state index in [9.17, 15) is 17.6 Å². The smallest absolute Gasteiger partial charge is 0.353 e. The van der Waals surface area contributed by atoms with Crippen LogP contribution in [-0.2, 0) is 6.18 Å². The monoisotopic (exact) mass is 549 g/mol. The Morgan fingerprint density at radius 2 is 1.66 bits per heavy atom. The maximum Gasteiger partial charge on any atom is 0.419 e. The molecule has 0 spiro atoms. The van der Waals surface area contributed by atoms with Crippen LogP contribution in [0.3, 0.4) is 0 Å². The van der Waals surface area contributed by atoms with E-state index in [1.165, 1.54) is 30.8 Å². The quantitative estimate of drug-likeness (QED) is 0.370. The second kappa shape index (κ2) is 10.9. The van der Waals surface area contributed by atoms with Gasteiger partial charge in [-0.2, -0.15) is 28.1 Å². The molecule has 2 aliphatic rings. The molecule has 0 unspecified atom stereocenters. The Kier molecular flexibility index (Phi) is 7.56. The number of piperazine rings is 1. The molecule has 0 atom stereocenters. The average molecular weight is 550 g/mol. The molecule has 1 saturated carbocycles. The predicted molar refractivity (Wildman–Crippen MR) is 139 cm³/mol. The molecule has 12 heteroatoms. The van der Waals surface area contributed by atoms with Gasteiger partial charge < -0.3 is 14.7 Å². The lowest BCUT2D eigenvalue weighted by Crippen LogP contribution is -2.48. The summed E-state index contributed by atoms with van der Waals surface area (Å²) in [5, 5.41) is 0.00597. The lowest BCUT2D eigenvalue weighted by atomic mass is 9.95. The normalized spacial score (nSPS) is 17.1. The first-order valence-electron chi connectivity index (χ1n) is 12.7. The molecule has 0 N–H and O–H groups in total. The highest BCUT2D eigenvalue weighted by molar-refractivity contribution is 6.30. The minimum atomic E-state index is -4.49. The zero-order valence-electron chi connectivity index (χ0n) is 20.9. The molecule has 2 fully saturated rings. The predicted octanol–water partition coefficient (Wildman–Crippen LogP) is 5.84. The highest BCUT2D eigenvalue weighted by Crippen LogP contribution is 2.36. The van der Waals surface area contributed by atoms with E-state index in [-0.39, 0.29) is 16.9 Å². The average Bonchev–Trinajstić information content (AvgIpc) is 2.94. The summed E-state index contributed by atoms with van der Waals surface area (Å²) < 4.78 is 54.9. The molecule has 38 heavy (non-hydrogen) atoms. The third-order valence-electron chi connectivity index (χ3n) is 7.18. The molecule has 1 aliphatic carbocycles. The number of anilines is 3. The Bertz CT molecular complexity index is 1270. The van der Waals surface area contributed by atoms with Crippen molar-refractivity contribution >= 4 is 29.3 Å². The van der Waals surface area contributed by atoms with Gasteiger partial charge in [0.15, 0.2) is 5.82 Å². The van der Waals surface area contributed by atoms with E-state index >= 15 is 0 Å². The van der Waals surface area contributed by atoms with E-state index in [4.69, 9.17) is 16.6 Å². The summed E-state index contributed by atoms with van der Waals surface area (Å²) in [6.07, 6.45) is 2.43. The number of hydrogen-bond acceptors (Lipinski definition) is 7. The fourth-order valence-corrected chi connectivity index (χ4v) is 5.16. The third kappa shape index (κ3) is 5.62. The lowest BCUT2D eigenvalue weighted by molar-refractivity contribution is -0.137. The molecule has 5 rings (SSSR count). The molecule has 0 amide bonds. The van der Waals surface area contributed by atoms with Crippen LogP contribution >= 0.6 is 11.6 Å². The van der Waals surface area contributed by atoms with Crippen LogP contribution in [0.1, 0.15) is 37.7 Å². The summed E-state index contributed by atoms with van der Waals surface area (Å²) in [6.45, 7) is 1.40. The highest BCUT2D eigenvalue weighted by atomic mass is 35.5. The number of benzene rings is 1. The van der Waals surface area contributed by atoms with E-state index in [0.717, 1.165) is 31.7 Å². The fourth-order valence-electron chi connectivity index (χ4n) is 5.04. The van der Waals surface area contributed by atoms with Crippen molar-refractivity contribution in [2.75, 3.05) is 47.9 Å². The molecule has 0 bridgehead atoms. The Morgan fingerprint density at radius 1 is 0.947 bits per heavy atom. The number of hydrogen-bond donors (Lipinski definition) is 0. The number of rotatable bonds is 5. The second-order valence-corrected chi connectivity index (χ2v) is 10.0. The van der Waals surface area contributed by atoms with Gasteiger partial charge in [-0.25, -0.2) is 9.37 Å². The molecular formula is C26H28ClF4N7. The van der Waals surface area contributed by atoms with Crippen molar-refractivity contribution in [3.05, 3.63) is 52.9 Å². The molecule has 3 heterocycles. The van der Waals surface area contributed by atoms with Crippen molar-refractivity contribution in [1.82, 2.24) is 19.9 Å². The fraction of sp³-hybridized carbons (Fsp3) is 0.462. The minimum Gasteiger partial charge on any atom is -0.353 e. The van der Waals surface area contributed by atoms with E-state index in [0.29, 0.717) is 49.5 Å². The van der Waals surface area contributed by atoms with Gasteiger partial charge in [-0.3, -0.25) is 0 Å². The third-order valence-corrected chi connectivity index (χ3v) is 7.49. The van der Waals surface area contributed by atoms with Gasteiger partial charge in [0.05, 0.1) is 10.6 Å². The van der Waals surface area contributed by atoms with Crippen molar-refractivity contribution in [3.63, 3.8) is 0 Å². The Hall–Kier alpha value is -3.21. The summed E-state index contributed by atoms with van der Waals surface area (Å²) in [5.41, 5.74) is -0.284. The van der Waals surface area contributed by atoms with Gasteiger partial charge in [-0.05, 0) is 43.2 Å². The van der Waals surface area contributed by atoms with Crippen LogP contribution in [-0.4, -0.2) is 59.2 Å². The van der Waals surface area contributed by atoms with Crippen LogP contribution < -0.4 is 14.7 Å². The molecule has 7 nitrogen and oxygen atoms in total. The maximum atomic E-state index is 14.3. The molecule has 1 aromatic carbocycles. The molecular weight excluding hydrogens is 522 g/mol. The summed E-state index contributed by atoms with van der Waals surface area (Å²) in [4.78, 5) is 23.7. The summed E-state index contributed by atoms with van der Waals surface area (Å²) in [5.74, 6) is 0.552. The van der Waals surface area contributed by atoms with E-state index in [1.807, 2.05) is 11.9 Å². The minimum absolute atomic E-state index is 0.00597. The van der Waals surface area contributed by atoms with Gasteiger partial charge in [0, 0.05) is 51.0 Å². The second-order valence-electron chi connectivity index (χ2n) is 9.64. The number of halogens is 5. The van der Waals surface area contributed by atoms with Crippen molar-refractivity contribution in [2.45, 2.75) is 44.3 Å². The molecule has 0 radical (unpaired) electrons. The van der Waals surface area contributed by atoms with E-state index in [2.05, 4.69) is 19.9 Å². The Balaban J connectivity index is 1.43. The van der Waals surface area contributed by atoms with Crippen LogP contribution in [0.25, 0.3) is 11.4 Å². The van der Waals surface area contributed by atoms with Crippen LogP contribution in [0.5, 0.6) is 0 Å². The maximum absolute atomic E-state index is 14.3. The van der Waals surface area contributed by atoms with Crippen molar-refractivity contribution < 1.29 is 17.6 Å². The van der Waals surface area contributed by atoms with Crippen LogP contribution in [0.2, 0.25) is 5.02 Å². The van der Waals surface area contributed by atoms with Crippen molar-refractivity contribution in [1.29, 1.82) is 0 Å². The first-order valence-corrected chi connectivity index (χ1v) is 13.0. The number of alkyl halides is 3. The molecule has 2 aromatic heterocycles. The zero-order chi connectivity index (χ0) is 26.9. The van der Waals surface area contributed by atoms with E-state index in [1.54, 1.807) is 11.0 Å². The first kappa shape index (κ1) is 26.4. The summed E-state index contributed by atoms with van der Waals surface area (Å²) in [7, 11) is 1.96.